The Morgan fingerprint density at radius 2 is 2.19 bits per heavy atom. The summed E-state index contributed by atoms with van der Waals surface area (Å²) in [5.74, 6) is 0.511. The zero-order valence-corrected chi connectivity index (χ0v) is 13.4. The molecule has 2 unspecified atom stereocenters. The van der Waals surface area contributed by atoms with Gasteiger partial charge in [0.05, 0.1) is 6.26 Å². The van der Waals surface area contributed by atoms with Crippen molar-refractivity contribution in [3.05, 3.63) is 12.3 Å². The van der Waals surface area contributed by atoms with Crippen LogP contribution in [0.25, 0.3) is 0 Å². The zero-order valence-electron chi connectivity index (χ0n) is 13.4. The van der Waals surface area contributed by atoms with Gasteiger partial charge in [-0.05, 0) is 58.6 Å². The molecule has 21 heavy (non-hydrogen) atoms. The van der Waals surface area contributed by atoms with E-state index in [1.165, 1.54) is 0 Å². The van der Waals surface area contributed by atoms with Crippen LogP contribution < -0.4 is 5.32 Å². The summed E-state index contributed by atoms with van der Waals surface area (Å²) >= 11 is 0. The van der Waals surface area contributed by atoms with E-state index in [0.29, 0.717) is 12.0 Å². The molecule has 0 radical (unpaired) electrons. The molecule has 1 fully saturated rings. The fourth-order valence-corrected chi connectivity index (χ4v) is 2.68. The molecule has 2 rings (SSSR count). The van der Waals surface area contributed by atoms with Crippen molar-refractivity contribution in [3.63, 3.8) is 0 Å². The van der Waals surface area contributed by atoms with Gasteiger partial charge in [-0.1, -0.05) is 0 Å². The van der Waals surface area contributed by atoms with Crippen LogP contribution in [-0.4, -0.2) is 48.9 Å². The normalized spacial score (nSPS) is 25.8. The van der Waals surface area contributed by atoms with Crippen LogP contribution in [0.1, 0.15) is 40.0 Å². The molecule has 1 saturated heterocycles. The topological polar surface area (TPSA) is 50.8 Å². The summed E-state index contributed by atoms with van der Waals surface area (Å²) in [6.45, 7) is 9.10. The number of amides is 1. The fourth-order valence-electron chi connectivity index (χ4n) is 2.68. The number of nitrogens with one attached hydrogen (secondary N) is 1. The van der Waals surface area contributed by atoms with Crippen molar-refractivity contribution in [2.45, 2.75) is 51.7 Å². The van der Waals surface area contributed by atoms with Crippen molar-refractivity contribution in [3.8, 4) is 0 Å². The largest absolute Gasteiger partial charge is 0.497 e. The standard InChI is InChI=1S/C16H28N2O3/c1-16(2,3)21-15(19)18-8-7-13(12-18)10-17-11-14-6-4-5-9-20-14/h5,9,13-14,17H,4,6-8,10-12H2,1-3H3. The Hall–Kier alpha value is -1.23. The van der Waals surface area contributed by atoms with Gasteiger partial charge in [0.15, 0.2) is 0 Å². The number of rotatable bonds is 4. The van der Waals surface area contributed by atoms with Gasteiger partial charge >= 0.3 is 6.09 Å². The lowest BCUT2D eigenvalue weighted by Crippen LogP contribution is -2.37. The summed E-state index contributed by atoms with van der Waals surface area (Å²) in [6.07, 6.45) is 7.18. The fraction of sp³-hybridized carbons (Fsp3) is 0.812. The molecular formula is C16H28N2O3. The van der Waals surface area contributed by atoms with Crippen molar-refractivity contribution in [2.24, 2.45) is 5.92 Å². The predicted molar refractivity (Wildman–Crippen MR) is 82.0 cm³/mol. The zero-order chi connectivity index (χ0) is 15.3. The molecule has 0 bridgehead atoms. The van der Waals surface area contributed by atoms with Crippen LogP contribution in [0, 0.1) is 5.92 Å². The third-order valence-electron chi connectivity index (χ3n) is 3.77. The molecule has 5 nitrogen and oxygen atoms in total. The SMILES string of the molecule is CC(C)(C)OC(=O)N1CCC(CNCC2CCC=CO2)C1. The minimum Gasteiger partial charge on any atom is -0.497 e. The molecule has 0 aromatic carbocycles. The monoisotopic (exact) mass is 296 g/mol. The predicted octanol–water partition coefficient (Wildman–Crippen LogP) is 2.53. The first-order valence-corrected chi connectivity index (χ1v) is 7.93. The summed E-state index contributed by atoms with van der Waals surface area (Å²) < 4.78 is 10.9. The van der Waals surface area contributed by atoms with Gasteiger partial charge in [-0.25, -0.2) is 4.79 Å². The van der Waals surface area contributed by atoms with Gasteiger partial charge in [0, 0.05) is 19.6 Å². The van der Waals surface area contributed by atoms with E-state index in [0.717, 1.165) is 45.4 Å². The number of hydrogen-bond donors (Lipinski definition) is 1. The van der Waals surface area contributed by atoms with Gasteiger partial charge in [-0.15, -0.1) is 0 Å². The van der Waals surface area contributed by atoms with Gasteiger partial charge in [-0.2, -0.15) is 0 Å². The van der Waals surface area contributed by atoms with E-state index in [1.807, 2.05) is 25.7 Å². The summed E-state index contributed by atoms with van der Waals surface area (Å²) in [5.41, 5.74) is -0.417. The third kappa shape index (κ3) is 5.58. The number of nitrogens with zero attached hydrogens (tertiary/aromatic N) is 1. The van der Waals surface area contributed by atoms with Crippen molar-refractivity contribution in [1.82, 2.24) is 10.2 Å². The quantitative estimate of drug-likeness (QED) is 0.866. The Balaban J connectivity index is 1.63. The van der Waals surface area contributed by atoms with Crippen LogP contribution in [0.3, 0.4) is 0 Å². The van der Waals surface area contributed by atoms with Gasteiger partial charge < -0.3 is 19.7 Å². The second-order valence-corrected chi connectivity index (χ2v) is 6.95. The average molecular weight is 296 g/mol. The maximum Gasteiger partial charge on any atom is 0.410 e. The highest BCUT2D eigenvalue weighted by Crippen LogP contribution is 2.19. The van der Waals surface area contributed by atoms with Crippen LogP contribution in [0.4, 0.5) is 4.79 Å². The molecule has 2 atom stereocenters. The Bertz CT molecular complexity index is 376. The second kappa shape index (κ2) is 7.16. The Morgan fingerprint density at radius 1 is 1.38 bits per heavy atom. The minimum absolute atomic E-state index is 0.189. The van der Waals surface area contributed by atoms with Gasteiger partial charge in [0.1, 0.15) is 11.7 Å². The molecule has 5 heteroatoms. The van der Waals surface area contributed by atoms with Crippen LogP contribution in [-0.2, 0) is 9.47 Å². The summed E-state index contributed by atoms with van der Waals surface area (Å²) in [5, 5.41) is 3.47. The number of likely N-dealkylation sites (tertiary alicyclic amines) is 1. The van der Waals surface area contributed by atoms with Crippen LogP contribution in [0.15, 0.2) is 12.3 Å². The number of carbonyl (C=O) groups is 1. The molecule has 0 aromatic rings. The van der Waals surface area contributed by atoms with Gasteiger partial charge in [0.25, 0.3) is 0 Å². The molecule has 0 spiro atoms. The number of hydrogen-bond acceptors (Lipinski definition) is 4. The van der Waals surface area contributed by atoms with Gasteiger partial charge in [0.2, 0.25) is 0 Å². The summed E-state index contributed by atoms with van der Waals surface area (Å²) in [7, 11) is 0. The molecule has 1 N–H and O–H groups in total. The minimum atomic E-state index is -0.417. The van der Waals surface area contributed by atoms with Crippen LogP contribution >= 0.6 is 0 Å². The van der Waals surface area contributed by atoms with E-state index in [2.05, 4.69) is 11.4 Å². The second-order valence-electron chi connectivity index (χ2n) is 6.95. The molecule has 0 aromatic heterocycles. The van der Waals surface area contributed by atoms with E-state index < -0.39 is 5.60 Å². The molecule has 0 aliphatic carbocycles. The van der Waals surface area contributed by atoms with Crippen molar-refractivity contribution in [1.29, 1.82) is 0 Å². The first-order chi connectivity index (χ1) is 9.94. The Labute approximate surface area is 127 Å². The summed E-state index contributed by atoms with van der Waals surface area (Å²) in [4.78, 5) is 13.8. The van der Waals surface area contributed by atoms with E-state index >= 15 is 0 Å². The lowest BCUT2D eigenvalue weighted by molar-refractivity contribution is 0.0288. The first kappa shape index (κ1) is 16.1. The van der Waals surface area contributed by atoms with Crippen molar-refractivity contribution < 1.29 is 14.3 Å². The number of carbonyl (C=O) groups excluding carboxylic acids is 1. The molecule has 0 saturated carbocycles. The molecule has 2 aliphatic rings. The molecule has 120 valence electrons. The maximum absolute atomic E-state index is 12.0. The maximum atomic E-state index is 12.0. The lowest BCUT2D eigenvalue weighted by Gasteiger charge is -2.24. The summed E-state index contributed by atoms with van der Waals surface area (Å²) in [6, 6.07) is 0. The number of allylic oxidation sites excluding steroid dienone is 1. The molecule has 2 aliphatic heterocycles. The highest BCUT2D eigenvalue weighted by atomic mass is 16.6. The molecule has 2 heterocycles. The van der Waals surface area contributed by atoms with Crippen molar-refractivity contribution >= 4 is 6.09 Å². The van der Waals surface area contributed by atoms with E-state index in [1.54, 1.807) is 6.26 Å². The highest BCUT2D eigenvalue weighted by Gasteiger charge is 2.29. The molecular weight excluding hydrogens is 268 g/mol. The number of ether oxygens (including phenoxy) is 2. The van der Waals surface area contributed by atoms with Crippen LogP contribution in [0.5, 0.6) is 0 Å². The van der Waals surface area contributed by atoms with Gasteiger partial charge in [-0.3, -0.25) is 0 Å². The van der Waals surface area contributed by atoms with Crippen LogP contribution in [0.2, 0.25) is 0 Å². The first-order valence-electron chi connectivity index (χ1n) is 7.93. The van der Waals surface area contributed by atoms with E-state index in [4.69, 9.17) is 9.47 Å². The highest BCUT2D eigenvalue weighted by molar-refractivity contribution is 5.68. The third-order valence-corrected chi connectivity index (χ3v) is 3.77. The van der Waals surface area contributed by atoms with Crippen molar-refractivity contribution in [2.75, 3.05) is 26.2 Å². The van der Waals surface area contributed by atoms with E-state index in [-0.39, 0.29) is 6.09 Å². The Morgan fingerprint density at radius 3 is 2.86 bits per heavy atom. The average Bonchev–Trinajstić information content (AvgIpc) is 2.87. The smallest absolute Gasteiger partial charge is 0.410 e. The van der Waals surface area contributed by atoms with E-state index in [9.17, 15) is 4.79 Å². The Kier molecular flexibility index (Phi) is 5.51. The lowest BCUT2D eigenvalue weighted by atomic mass is 10.1. The molecule has 1 amide bonds.